The molecule has 100 valence electrons. The van der Waals surface area contributed by atoms with Crippen LogP contribution in [-0.2, 0) is 6.54 Å². The summed E-state index contributed by atoms with van der Waals surface area (Å²) in [5.41, 5.74) is 2.40. The van der Waals surface area contributed by atoms with Crippen molar-refractivity contribution < 1.29 is 4.79 Å². The lowest BCUT2D eigenvalue weighted by atomic mass is 10.1. The van der Waals surface area contributed by atoms with Crippen LogP contribution in [0.15, 0.2) is 24.3 Å². The normalized spacial score (nSPS) is 10.2. The van der Waals surface area contributed by atoms with E-state index in [9.17, 15) is 4.79 Å². The fourth-order valence-corrected chi connectivity index (χ4v) is 1.95. The Morgan fingerprint density at radius 1 is 1.17 bits per heavy atom. The molecule has 0 fully saturated rings. The highest BCUT2D eigenvalue weighted by atomic mass is 16.2. The fraction of sp³-hybridized carbons (Fsp3) is 0.533. The van der Waals surface area contributed by atoms with Crippen LogP contribution in [0.5, 0.6) is 0 Å². The first-order valence-electron chi connectivity index (χ1n) is 6.76. The van der Waals surface area contributed by atoms with Crippen LogP contribution < -0.4 is 5.32 Å². The van der Waals surface area contributed by atoms with Gasteiger partial charge in [0.2, 0.25) is 0 Å². The Kier molecular flexibility index (Phi) is 6.26. The number of rotatable bonds is 6. The largest absolute Gasteiger partial charge is 0.334 e. The third-order valence-electron chi connectivity index (χ3n) is 2.97. The lowest BCUT2D eigenvalue weighted by Gasteiger charge is -2.22. The molecule has 3 nitrogen and oxygen atoms in total. The molecule has 1 aromatic rings. The molecule has 0 saturated carbocycles. The molecule has 0 aromatic heterocycles. The molecular weight excluding hydrogens is 224 g/mol. The number of hydrogen-bond donors (Lipinski definition) is 1. The highest BCUT2D eigenvalue weighted by Gasteiger charge is 2.10. The standard InChI is InChI=1S/C15H24N2O/c1-4-10-17(11-5-2)15(18)16-12-14-9-7-6-8-13(14)3/h6-9H,4-5,10-12H2,1-3H3,(H,16,18). The topological polar surface area (TPSA) is 32.3 Å². The van der Waals surface area contributed by atoms with E-state index in [0.717, 1.165) is 25.9 Å². The number of carbonyl (C=O) groups excluding carboxylic acids is 1. The number of carbonyl (C=O) groups is 1. The summed E-state index contributed by atoms with van der Waals surface area (Å²) in [7, 11) is 0. The molecule has 2 amide bonds. The van der Waals surface area contributed by atoms with E-state index in [2.05, 4.69) is 38.2 Å². The number of amides is 2. The van der Waals surface area contributed by atoms with E-state index < -0.39 is 0 Å². The second-order valence-electron chi connectivity index (χ2n) is 4.57. The minimum atomic E-state index is 0.0435. The number of aryl methyl sites for hydroxylation is 1. The van der Waals surface area contributed by atoms with Gasteiger partial charge in [0.25, 0.3) is 0 Å². The summed E-state index contributed by atoms with van der Waals surface area (Å²) in [5.74, 6) is 0. The monoisotopic (exact) mass is 248 g/mol. The molecule has 0 bridgehead atoms. The fourth-order valence-electron chi connectivity index (χ4n) is 1.95. The first kappa shape index (κ1) is 14.6. The van der Waals surface area contributed by atoms with Gasteiger partial charge in [0, 0.05) is 19.6 Å². The lowest BCUT2D eigenvalue weighted by molar-refractivity contribution is 0.197. The van der Waals surface area contributed by atoms with E-state index in [1.165, 1.54) is 11.1 Å². The highest BCUT2D eigenvalue weighted by molar-refractivity contribution is 5.74. The number of hydrogen-bond acceptors (Lipinski definition) is 1. The molecule has 0 spiro atoms. The van der Waals surface area contributed by atoms with Gasteiger partial charge in [-0.15, -0.1) is 0 Å². The number of nitrogens with one attached hydrogen (secondary N) is 1. The van der Waals surface area contributed by atoms with Crippen LogP contribution in [0.25, 0.3) is 0 Å². The zero-order chi connectivity index (χ0) is 13.4. The van der Waals surface area contributed by atoms with Gasteiger partial charge in [0.1, 0.15) is 0 Å². The summed E-state index contributed by atoms with van der Waals surface area (Å²) in [6.07, 6.45) is 2.00. The van der Waals surface area contributed by atoms with Gasteiger partial charge in [-0.1, -0.05) is 38.1 Å². The van der Waals surface area contributed by atoms with Crippen LogP contribution in [-0.4, -0.2) is 24.0 Å². The summed E-state index contributed by atoms with van der Waals surface area (Å²) in [4.78, 5) is 13.9. The predicted octanol–water partition coefficient (Wildman–Crippen LogP) is 3.33. The molecular formula is C15H24N2O. The first-order valence-corrected chi connectivity index (χ1v) is 6.76. The van der Waals surface area contributed by atoms with E-state index in [4.69, 9.17) is 0 Å². The first-order chi connectivity index (χ1) is 8.69. The Hall–Kier alpha value is -1.51. The van der Waals surface area contributed by atoms with Gasteiger partial charge in [-0.3, -0.25) is 0 Å². The quantitative estimate of drug-likeness (QED) is 0.823. The molecule has 0 atom stereocenters. The van der Waals surface area contributed by atoms with Gasteiger partial charge in [-0.05, 0) is 30.9 Å². The maximum atomic E-state index is 12.0. The molecule has 0 aliphatic carbocycles. The highest BCUT2D eigenvalue weighted by Crippen LogP contribution is 2.06. The summed E-state index contributed by atoms with van der Waals surface area (Å²) in [5, 5.41) is 3.00. The molecule has 0 aliphatic heterocycles. The zero-order valence-electron chi connectivity index (χ0n) is 11.7. The van der Waals surface area contributed by atoms with E-state index in [1.807, 2.05) is 17.0 Å². The maximum Gasteiger partial charge on any atom is 0.317 e. The molecule has 18 heavy (non-hydrogen) atoms. The Balaban J connectivity index is 2.51. The molecule has 1 aromatic carbocycles. The summed E-state index contributed by atoms with van der Waals surface area (Å²) >= 11 is 0. The van der Waals surface area contributed by atoms with Crippen molar-refractivity contribution in [3.05, 3.63) is 35.4 Å². The molecule has 1 N–H and O–H groups in total. The van der Waals surface area contributed by atoms with Crippen molar-refractivity contribution in [2.45, 2.75) is 40.2 Å². The van der Waals surface area contributed by atoms with Crippen molar-refractivity contribution in [1.82, 2.24) is 10.2 Å². The number of urea groups is 1. The maximum absolute atomic E-state index is 12.0. The van der Waals surface area contributed by atoms with Crippen molar-refractivity contribution in [3.63, 3.8) is 0 Å². The Morgan fingerprint density at radius 3 is 2.33 bits per heavy atom. The van der Waals surface area contributed by atoms with Crippen LogP contribution in [0.2, 0.25) is 0 Å². The Labute approximate surface area is 110 Å². The van der Waals surface area contributed by atoms with Gasteiger partial charge >= 0.3 is 6.03 Å². The van der Waals surface area contributed by atoms with Crippen molar-refractivity contribution in [2.24, 2.45) is 0 Å². The third kappa shape index (κ3) is 4.40. The van der Waals surface area contributed by atoms with Gasteiger partial charge in [0.05, 0.1) is 0 Å². The second-order valence-corrected chi connectivity index (χ2v) is 4.57. The molecule has 0 heterocycles. The Morgan fingerprint density at radius 2 is 1.78 bits per heavy atom. The van der Waals surface area contributed by atoms with E-state index in [1.54, 1.807) is 0 Å². The molecule has 0 aliphatic rings. The summed E-state index contributed by atoms with van der Waals surface area (Å²) in [6, 6.07) is 8.18. The lowest BCUT2D eigenvalue weighted by Crippen LogP contribution is -2.40. The van der Waals surface area contributed by atoms with Crippen molar-refractivity contribution in [1.29, 1.82) is 0 Å². The van der Waals surface area contributed by atoms with Crippen LogP contribution in [0, 0.1) is 6.92 Å². The van der Waals surface area contributed by atoms with Crippen LogP contribution in [0.4, 0.5) is 4.79 Å². The SMILES string of the molecule is CCCN(CCC)C(=O)NCc1ccccc1C. The van der Waals surface area contributed by atoms with Gasteiger partial charge in [0.15, 0.2) is 0 Å². The molecule has 0 saturated heterocycles. The van der Waals surface area contributed by atoms with Crippen LogP contribution >= 0.6 is 0 Å². The number of benzene rings is 1. The molecule has 0 radical (unpaired) electrons. The van der Waals surface area contributed by atoms with Crippen molar-refractivity contribution in [2.75, 3.05) is 13.1 Å². The van der Waals surface area contributed by atoms with Gasteiger partial charge in [-0.25, -0.2) is 4.79 Å². The second kappa shape index (κ2) is 7.75. The Bertz CT molecular complexity index is 371. The smallest absolute Gasteiger partial charge is 0.317 e. The average molecular weight is 248 g/mol. The minimum absolute atomic E-state index is 0.0435. The molecule has 0 unspecified atom stereocenters. The van der Waals surface area contributed by atoms with E-state index >= 15 is 0 Å². The summed E-state index contributed by atoms with van der Waals surface area (Å²) in [6.45, 7) is 8.52. The van der Waals surface area contributed by atoms with Crippen molar-refractivity contribution in [3.8, 4) is 0 Å². The zero-order valence-corrected chi connectivity index (χ0v) is 11.7. The molecule has 3 heteroatoms. The number of nitrogens with zero attached hydrogens (tertiary/aromatic N) is 1. The van der Waals surface area contributed by atoms with Gasteiger partial charge in [-0.2, -0.15) is 0 Å². The van der Waals surface area contributed by atoms with E-state index in [0.29, 0.717) is 6.54 Å². The van der Waals surface area contributed by atoms with E-state index in [-0.39, 0.29) is 6.03 Å². The molecule has 1 rings (SSSR count). The minimum Gasteiger partial charge on any atom is -0.334 e. The predicted molar refractivity (Wildman–Crippen MR) is 75.6 cm³/mol. The van der Waals surface area contributed by atoms with Gasteiger partial charge < -0.3 is 10.2 Å². The average Bonchev–Trinajstić information content (AvgIpc) is 2.37. The van der Waals surface area contributed by atoms with Crippen LogP contribution in [0.1, 0.15) is 37.8 Å². The van der Waals surface area contributed by atoms with Crippen molar-refractivity contribution >= 4 is 6.03 Å². The van der Waals surface area contributed by atoms with Crippen LogP contribution in [0.3, 0.4) is 0 Å². The third-order valence-corrected chi connectivity index (χ3v) is 2.97. The summed E-state index contributed by atoms with van der Waals surface area (Å²) < 4.78 is 0.